The van der Waals surface area contributed by atoms with Gasteiger partial charge in [-0.25, -0.2) is 0 Å². The van der Waals surface area contributed by atoms with Gasteiger partial charge < -0.3 is 31.7 Å². The normalized spacial score (nSPS) is 16.4. The SMILES string of the molecule is C[N+](C)(Cc1ccc(CNC(=O)C2=Cc3cc(Cl)c(Cl)cc3OCC2)cc1)C1CCOCC1.[Cl-]. The molecular formula is C26H31Cl3N2O3. The maximum Gasteiger partial charge on any atom is 0.247 e. The summed E-state index contributed by atoms with van der Waals surface area (Å²) in [5.41, 5.74) is 3.81. The number of hydrogen-bond donors (Lipinski definition) is 1. The van der Waals surface area contributed by atoms with Crippen molar-refractivity contribution in [2.45, 2.75) is 38.4 Å². The predicted molar refractivity (Wildman–Crippen MR) is 132 cm³/mol. The van der Waals surface area contributed by atoms with Gasteiger partial charge in [-0.3, -0.25) is 4.79 Å². The zero-order valence-corrected chi connectivity index (χ0v) is 21.8. The Kier molecular flexibility index (Phi) is 9.30. The summed E-state index contributed by atoms with van der Waals surface area (Å²) in [6.45, 7) is 3.60. The van der Waals surface area contributed by atoms with E-state index in [0.29, 0.717) is 47.0 Å². The summed E-state index contributed by atoms with van der Waals surface area (Å²) in [6, 6.07) is 12.6. The fraction of sp³-hybridized carbons (Fsp3) is 0.423. The van der Waals surface area contributed by atoms with Crippen molar-refractivity contribution in [2.24, 2.45) is 0 Å². The highest BCUT2D eigenvalue weighted by Gasteiger charge is 2.30. The van der Waals surface area contributed by atoms with Crippen LogP contribution in [-0.2, 0) is 22.6 Å². The highest BCUT2D eigenvalue weighted by molar-refractivity contribution is 6.42. The van der Waals surface area contributed by atoms with Crippen LogP contribution >= 0.6 is 23.2 Å². The lowest BCUT2D eigenvalue weighted by Crippen LogP contribution is -3.00. The smallest absolute Gasteiger partial charge is 0.247 e. The molecule has 4 rings (SSSR count). The molecule has 2 aliphatic rings. The average Bonchev–Trinajstić information content (AvgIpc) is 3.01. The van der Waals surface area contributed by atoms with Crippen LogP contribution < -0.4 is 22.5 Å². The van der Waals surface area contributed by atoms with Gasteiger partial charge in [-0.2, -0.15) is 0 Å². The van der Waals surface area contributed by atoms with E-state index in [4.69, 9.17) is 32.7 Å². The molecule has 34 heavy (non-hydrogen) atoms. The number of quaternary nitrogens is 1. The molecule has 2 aliphatic heterocycles. The molecule has 0 saturated carbocycles. The Morgan fingerprint density at radius 1 is 1.03 bits per heavy atom. The van der Waals surface area contributed by atoms with Crippen molar-refractivity contribution < 1.29 is 31.2 Å². The van der Waals surface area contributed by atoms with Crippen LogP contribution in [0.1, 0.15) is 36.0 Å². The minimum absolute atomic E-state index is 0. The Bertz CT molecular complexity index is 1030. The minimum atomic E-state index is -0.0982. The molecule has 1 saturated heterocycles. The van der Waals surface area contributed by atoms with Crippen LogP contribution in [0.25, 0.3) is 6.08 Å². The molecule has 0 spiro atoms. The van der Waals surface area contributed by atoms with E-state index in [1.807, 2.05) is 6.08 Å². The van der Waals surface area contributed by atoms with E-state index in [0.717, 1.165) is 48.2 Å². The zero-order valence-electron chi connectivity index (χ0n) is 19.6. The first-order valence-electron chi connectivity index (χ1n) is 11.4. The number of rotatable bonds is 6. The lowest BCUT2D eigenvalue weighted by Gasteiger charge is -2.40. The van der Waals surface area contributed by atoms with Crippen molar-refractivity contribution in [3.05, 3.63) is 68.7 Å². The maximum atomic E-state index is 12.8. The van der Waals surface area contributed by atoms with Gasteiger partial charge in [0.25, 0.3) is 0 Å². The number of hydrogen-bond acceptors (Lipinski definition) is 3. The zero-order chi connectivity index (χ0) is 23.4. The summed E-state index contributed by atoms with van der Waals surface area (Å²) in [7, 11) is 4.60. The number of nitrogens with one attached hydrogen (secondary N) is 1. The maximum absolute atomic E-state index is 12.8. The molecule has 0 radical (unpaired) electrons. The topological polar surface area (TPSA) is 47.6 Å². The van der Waals surface area contributed by atoms with E-state index < -0.39 is 0 Å². The van der Waals surface area contributed by atoms with Crippen LogP contribution in [0.4, 0.5) is 0 Å². The molecule has 2 heterocycles. The number of benzene rings is 2. The number of halogens is 3. The molecule has 0 unspecified atom stereocenters. The molecule has 1 N–H and O–H groups in total. The summed E-state index contributed by atoms with van der Waals surface area (Å²) in [4.78, 5) is 12.8. The molecule has 184 valence electrons. The van der Waals surface area contributed by atoms with Crippen molar-refractivity contribution >= 4 is 35.2 Å². The van der Waals surface area contributed by atoms with Gasteiger partial charge in [0.1, 0.15) is 12.3 Å². The van der Waals surface area contributed by atoms with E-state index in [1.54, 1.807) is 12.1 Å². The van der Waals surface area contributed by atoms with Crippen LogP contribution in [0, 0.1) is 0 Å². The highest BCUT2D eigenvalue weighted by Crippen LogP contribution is 2.34. The number of amides is 1. The molecule has 1 amide bonds. The molecule has 0 atom stereocenters. The fourth-order valence-corrected chi connectivity index (χ4v) is 4.86. The van der Waals surface area contributed by atoms with Gasteiger partial charge in [0.15, 0.2) is 0 Å². The average molecular weight is 526 g/mol. The first-order valence-corrected chi connectivity index (χ1v) is 12.2. The number of fused-ring (bicyclic) bond motifs is 1. The van der Waals surface area contributed by atoms with Crippen molar-refractivity contribution in [3.63, 3.8) is 0 Å². The molecule has 8 heteroatoms. The van der Waals surface area contributed by atoms with Gasteiger partial charge in [-0.15, -0.1) is 0 Å². The highest BCUT2D eigenvalue weighted by atomic mass is 35.5. The number of nitrogens with zero attached hydrogens (tertiary/aromatic N) is 1. The van der Waals surface area contributed by atoms with E-state index in [-0.39, 0.29) is 18.3 Å². The molecule has 0 aromatic heterocycles. The molecule has 5 nitrogen and oxygen atoms in total. The second-order valence-electron chi connectivity index (χ2n) is 9.35. The van der Waals surface area contributed by atoms with E-state index in [9.17, 15) is 4.79 Å². The lowest BCUT2D eigenvalue weighted by atomic mass is 10.0. The summed E-state index contributed by atoms with van der Waals surface area (Å²) in [5.74, 6) is 0.545. The van der Waals surface area contributed by atoms with Crippen LogP contribution in [0.2, 0.25) is 10.0 Å². The molecule has 2 aromatic carbocycles. The van der Waals surface area contributed by atoms with E-state index in [2.05, 4.69) is 43.7 Å². The van der Waals surface area contributed by atoms with E-state index >= 15 is 0 Å². The largest absolute Gasteiger partial charge is 1.00 e. The van der Waals surface area contributed by atoms with Gasteiger partial charge in [-0.1, -0.05) is 47.5 Å². The third-order valence-corrected chi connectivity index (χ3v) is 7.27. The second-order valence-corrected chi connectivity index (χ2v) is 10.2. The van der Waals surface area contributed by atoms with Crippen molar-refractivity contribution in [1.82, 2.24) is 5.32 Å². The summed E-state index contributed by atoms with van der Waals surface area (Å²) in [6.07, 6.45) is 4.58. The van der Waals surface area contributed by atoms with Crippen molar-refractivity contribution in [3.8, 4) is 5.75 Å². The first-order chi connectivity index (χ1) is 15.8. The predicted octanol–water partition coefficient (Wildman–Crippen LogP) is 2.24. The van der Waals surface area contributed by atoms with E-state index in [1.165, 1.54) is 5.56 Å². The summed E-state index contributed by atoms with van der Waals surface area (Å²) < 4.78 is 12.2. The first kappa shape index (κ1) is 26.8. The fourth-order valence-electron chi connectivity index (χ4n) is 4.53. The van der Waals surface area contributed by atoms with Gasteiger partial charge in [0, 0.05) is 48.6 Å². The quantitative estimate of drug-likeness (QED) is 0.589. The monoisotopic (exact) mass is 524 g/mol. The van der Waals surface area contributed by atoms with Crippen LogP contribution in [0.3, 0.4) is 0 Å². The van der Waals surface area contributed by atoms with Gasteiger partial charge in [0.2, 0.25) is 5.91 Å². The third kappa shape index (κ3) is 6.67. The molecule has 2 aromatic rings. The molecule has 0 aliphatic carbocycles. The standard InChI is InChI=1S/C26H30Cl2N2O3.ClH/c1-30(2,22-8-10-32-11-9-22)17-19-5-3-18(4-6-19)16-29-26(31)20-7-12-33-25-15-24(28)23(27)14-21(25)13-20;/h3-6,13-15,22H,7-12,16-17H2,1-2H3;1H. The van der Waals surface area contributed by atoms with Crippen molar-refractivity contribution in [1.29, 1.82) is 0 Å². The lowest BCUT2D eigenvalue weighted by molar-refractivity contribution is -0.929. The number of carbonyl (C=O) groups is 1. The summed E-state index contributed by atoms with van der Waals surface area (Å²) in [5, 5.41) is 3.91. The van der Waals surface area contributed by atoms with Gasteiger partial charge in [0.05, 0.1) is 50.0 Å². The van der Waals surface area contributed by atoms with Crippen LogP contribution in [-0.4, -0.2) is 50.3 Å². The van der Waals surface area contributed by atoms with Crippen LogP contribution in [0.15, 0.2) is 42.0 Å². The van der Waals surface area contributed by atoms with Gasteiger partial charge >= 0.3 is 0 Å². The number of ether oxygens (including phenoxy) is 2. The second kappa shape index (κ2) is 11.8. The Morgan fingerprint density at radius 3 is 2.38 bits per heavy atom. The minimum Gasteiger partial charge on any atom is -1.00 e. The van der Waals surface area contributed by atoms with Gasteiger partial charge in [-0.05, 0) is 17.7 Å². The molecular weight excluding hydrogens is 495 g/mol. The Hall–Kier alpha value is -1.76. The summed E-state index contributed by atoms with van der Waals surface area (Å²) >= 11 is 12.2. The van der Waals surface area contributed by atoms with Crippen LogP contribution in [0.5, 0.6) is 5.75 Å². The Labute approximate surface area is 218 Å². The van der Waals surface area contributed by atoms with Crippen molar-refractivity contribution in [2.75, 3.05) is 33.9 Å². The molecule has 0 bridgehead atoms. The Balaban J connectivity index is 0.00000324. The Morgan fingerprint density at radius 2 is 1.68 bits per heavy atom. The third-order valence-electron chi connectivity index (χ3n) is 6.55. The molecule has 1 fully saturated rings. The number of carbonyl (C=O) groups excluding carboxylic acids is 1.